The van der Waals surface area contributed by atoms with E-state index in [-0.39, 0.29) is 16.4 Å². The van der Waals surface area contributed by atoms with E-state index in [2.05, 4.69) is 4.98 Å². The highest BCUT2D eigenvalue weighted by atomic mass is 35.5. The summed E-state index contributed by atoms with van der Waals surface area (Å²) in [6, 6.07) is 0. The van der Waals surface area contributed by atoms with Gasteiger partial charge in [-0.1, -0.05) is 11.6 Å². The second-order valence-electron chi connectivity index (χ2n) is 2.76. The van der Waals surface area contributed by atoms with Crippen molar-refractivity contribution in [2.24, 2.45) is 0 Å². The molecular formula is C8H7ClF2N2O2. The molecule has 1 aromatic heterocycles. The number of carbonyl (C=O) groups is 1. The molecule has 7 heteroatoms. The Hall–Kier alpha value is -1.43. The third kappa shape index (κ3) is 2.53. The lowest BCUT2D eigenvalue weighted by atomic mass is 10.2. The number of anilines is 1. The van der Waals surface area contributed by atoms with Crippen LogP contribution in [0.15, 0.2) is 6.20 Å². The number of nitrogen functional groups attached to an aromatic ring is 1. The highest BCUT2D eigenvalue weighted by molar-refractivity contribution is 6.34. The van der Waals surface area contributed by atoms with Crippen LogP contribution in [0.4, 0.5) is 14.5 Å². The van der Waals surface area contributed by atoms with Gasteiger partial charge in [-0.15, -0.1) is 0 Å². The van der Waals surface area contributed by atoms with Gasteiger partial charge in [0.05, 0.1) is 28.4 Å². The third-order valence-corrected chi connectivity index (χ3v) is 2.14. The van der Waals surface area contributed by atoms with Crippen molar-refractivity contribution >= 4 is 23.3 Å². The number of halogens is 3. The van der Waals surface area contributed by atoms with Crippen LogP contribution in [0, 0.1) is 0 Å². The summed E-state index contributed by atoms with van der Waals surface area (Å²) in [4.78, 5) is 13.9. The van der Waals surface area contributed by atoms with Crippen molar-refractivity contribution in [3.63, 3.8) is 0 Å². The van der Waals surface area contributed by atoms with Crippen LogP contribution in [-0.4, -0.2) is 16.1 Å². The minimum Gasteiger partial charge on any atom is -0.481 e. The lowest BCUT2D eigenvalue weighted by Crippen LogP contribution is -2.07. The van der Waals surface area contributed by atoms with Gasteiger partial charge < -0.3 is 10.8 Å². The number of nitrogens with zero attached hydrogens (tertiary/aromatic N) is 1. The molecule has 0 fully saturated rings. The van der Waals surface area contributed by atoms with E-state index in [1.165, 1.54) is 0 Å². The van der Waals surface area contributed by atoms with Crippen molar-refractivity contribution < 1.29 is 18.7 Å². The van der Waals surface area contributed by atoms with Crippen LogP contribution in [0.1, 0.15) is 17.7 Å². The van der Waals surface area contributed by atoms with Crippen molar-refractivity contribution in [1.82, 2.24) is 4.98 Å². The second-order valence-corrected chi connectivity index (χ2v) is 3.14. The summed E-state index contributed by atoms with van der Waals surface area (Å²) < 4.78 is 24.6. The zero-order valence-corrected chi connectivity index (χ0v) is 8.13. The number of carboxylic acids is 1. The van der Waals surface area contributed by atoms with E-state index < -0.39 is 24.4 Å². The van der Waals surface area contributed by atoms with Crippen molar-refractivity contribution in [2.75, 3.05) is 5.73 Å². The zero-order valence-electron chi connectivity index (χ0n) is 7.38. The van der Waals surface area contributed by atoms with E-state index in [9.17, 15) is 13.6 Å². The Bertz CT molecular complexity index is 398. The van der Waals surface area contributed by atoms with Crippen molar-refractivity contribution in [2.45, 2.75) is 12.8 Å². The average molecular weight is 237 g/mol. The van der Waals surface area contributed by atoms with Gasteiger partial charge in [-0.25, -0.2) is 8.78 Å². The van der Waals surface area contributed by atoms with Crippen molar-refractivity contribution in [3.8, 4) is 0 Å². The first kappa shape index (κ1) is 11.6. The molecule has 0 aliphatic rings. The molecule has 3 N–H and O–H groups in total. The fraction of sp³-hybridized carbons (Fsp3) is 0.250. The van der Waals surface area contributed by atoms with E-state index in [0.29, 0.717) is 0 Å². The van der Waals surface area contributed by atoms with Gasteiger partial charge in [0.2, 0.25) is 0 Å². The molecule has 0 aliphatic carbocycles. The third-order valence-electron chi connectivity index (χ3n) is 1.71. The standard InChI is InChI=1S/C8H7ClF2N2O2/c9-6-3(8(10)11)2-13-4(7(6)12)1-5(14)15/h2,8H,1,12H2,(H,14,15). The number of carboxylic acid groups (broad SMARTS) is 1. The smallest absolute Gasteiger partial charge is 0.309 e. The minimum atomic E-state index is -2.79. The molecule has 0 spiro atoms. The number of alkyl halides is 2. The van der Waals surface area contributed by atoms with Crippen LogP contribution in [0.2, 0.25) is 5.02 Å². The maximum Gasteiger partial charge on any atom is 0.309 e. The monoisotopic (exact) mass is 236 g/mol. The molecule has 82 valence electrons. The Balaban J connectivity index is 3.15. The summed E-state index contributed by atoms with van der Waals surface area (Å²) >= 11 is 5.54. The van der Waals surface area contributed by atoms with Gasteiger partial charge in [-0.05, 0) is 0 Å². The Kier molecular flexibility index (Phi) is 3.41. The molecule has 1 heterocycles. The molecule has 0 saturated heterocycles. The lowest BCUT2D eigenvalue weighted by molar-refractivity contribution is -0.136. The highest BCUT2D eigenvalue weighted by Gasteiger charge is 2.18. The molecule has 0 aromatic carbocycles. The Labute approximate surface area is 88.7 Å². The molecule has 0 unspecified atom stereocenters. The van der Waals surface area contributed by atoms with Crippen LogP contribution >= 0.6 is 11.6 Å². The quantitative estimate of drug-likeness (QED) is 0.840. The Morgan fingerprint density at radius 1 is 1.67 bits per heavy atom. The van der Waals surface area contributed by atoms with Crippen LogP contribution in [-0.2, 0) is 11.2 Å². The average Bonchev–Trinajstić information content (AvgIpc) is 2.12. The number of aliphatic carboxylic acids is 1. The highest BCUT2D eigenvalue weighted by Crippen LogP contribution is 2.32. The number of rotatable bonds is 3. The molecule has 0 bridgehead atoms. The molecule has 0 saturated carbocycles. The van der Waals surface area contributed by atoms with Gasteiger partial charge >= 0.3 is 5.97 Å². The minimum absolute atomic E-state index is 0.0168. The van der Waals surface area contributed by atoms with Crippen molar-refractivity contribution in [1.29, 1.82) is 0 Å². The van der Waals surface area contributed by atoms with Gasteiger partial charge in [-0.3, -0.25) is 9.78 Å². The largest absolute Gasteiger partial charge is 0.481 e. The van der Waals surface area contributed by atoms with Gasteiger partial charge in [0.15, 0.2) is 0 Å². The normalized spacial score (nSPS) is 10.7. The fourth-order valence-electron chi connectivity index (χ4n) is 0.992. The Morgan fingerprint density at radius 2 is 2.27 bits per heavy atom. The number of pyridine rings is 1. The first-order chi connectivity index (χ1) is 6.93. The maximum absolute atomic E-state index is 12.3. The first-order valence-electron chi connectivity index (χ1n) is 3.86. The number of nitrogens with two attached hydrogens (primary N) is 1. The van der Waals surface area contributed by atoms with Gasteiger partial charge in [-0.2, -0.15) is 0 Å². The zero-order chi connectivity index (χ0) is 11.6. The van der Waals surface area contributed by atoms with E-state index in [4.69, 9.17) is 22.4 Å². The SMILES string of the molecule is Nc1c(CC(=O)O)ncc(C(F)F)c1Cl. The topological polar surface area (TPSA) is 76.2 Å². The molecule has 4 nitrogen and oxygen atoms in total. The summed E-state index contributed by atoms with van der Waals surface area (Å²) in [6.07, 6.45) is -2.40. The van der Waals surface area contributed by atoms with Gasteiger partial charge in [0.1, 0.15) is 0 Å². The van der Waals surface area contributed by atoms with Crippen LogP contribution < -0.4 is 5.73 Å². The summed E-state index contributed by atoms with van der Waals surface area (Å²) in [7, 11) is 0. The fourth-order valence-corrected chi connectivity index (χ4v) is 1.23. The van der Waals surface area contributed by atoms with Gasteiger partial charge in [0, 0.05) is 6.20 Å². The molecule has 15 heavy (non-hydrogen) atoms. The Morgan fingerprint density at radius 3 is 2.73 bits per heavy atom. The first-order valence-corrected chi connectivity index (χ1v) is 4.24. The van der Waals surface area contributed by atoms with Crippen LogP contribution in [0.3, 0.4) is 0 Å². The predicted molar refractivity (Wildman–Crippen MR) is 50.0 cm³/mol. The summed E-state index contributed by atoms with van der Waals surface area (Å²) in [5.41, 5.74) is 4.65. The number of hydrogen-bond donors (Lipinski definition) is 2. The van der Waals surface area contributed by atoms with E-state index >= 15 is 0 Å². The maximum atomic E-state index is 12.3. The van der Waals surface area contributed by atoms with E-state index in [0.717, 1.165) is 6.20 Å². The second kappa shape index (κ2) is 4.39. The molecule has 0 atom stereocenters. The molecular weight excluding hydrogens is 230 g/mol. The van der Waals surface area contributed by atoms with Gasteiger partial charge in [0.25, 0.3) is 6.43 Å². The summed E-state index contributed by atoms with van der Waals surface area (Å²) in [6.45, 7) is 0. The van der Waals surface area contributed by atoms with Crippen LogP contribution in [0.5, 0.6) is 0 Å². The van der Waals surface area contributed by atoms with E-state index in [1.54, 1.807) is 0 Å². The molecule has 0 amide bonds. The number of hydrogen-bond acceptors (Lipinski definition) is 3. The lowest BCUT2D eigenvalue weighted by Gasteiger charge is -2.08. The molecule has 0 radical (unpaired) electrons. The molecule has 1 rings (SSSR count). The molecule has 1 aromatic rings. The van der Waals surface area contributed by atoms with Crippen LogP contribution in [0.25, 0.3) is 0 Å². The molecule has 0 aliphatic heterocycles. The number of aromatic nitrogens is 1. The van der Waals surface area contributed by atoms with Crippen molar-refractivity contribution in [3.05, 3.63) is 22.5 Å². The summed E-state index contributed by atoms with van der Waals surface area (Å²) in [5.74, 6) is -1.16. The summed E-state index contributed by atoms with van der Waals surface area (Å²) in [5, 5.41) is 8.14. The van der Waals surface area contributed by atoms with E-state index in [1.807, 2.05) is 0 Å². The predicted octanol–water partition coefficient (Wildman–Crippen LogP) is 1.88.